The van der Waals surface area contributed by atoms with E-state index in [2.05, 4.69) is 35.1 Å². The molecule has 0 aliphatic carbocycles. The molecule has 1 rings (SSSR count). The van der Waals surface area contributed by atoms with Crippen molar-refractivity contribution < 1.29 is 0 Å². The lowest BCUT2D eigenvalue weighted by molar-refractivity contribution is 0.439. The lowest BCUT2D eigenvalue weighted by atomic mass is 10.2. The second kappa shape index (κ2) is 6.86. The molecule has 1 aromatic heterocycles. The number of nitrogens with one attached hydrogen (secondary N) is 1. The predicted octanol–water partition coefficient (Wildman–Crippen LogP) is 2.25. The van der Waals surface area contributed by atoms with Crippen molar-refractivity contribution in [3.63, 3.8) is 0 Å². The first kappa shape index (κ1) is 13.5. The largest absolute Gasteiger partial charge is 0.316 e. The maximum atomic E-state index is 11.6. The van der Waals surface area contributed by atoms with E-state index in [0.717, 1.165) is 30.5 Å². The first-order valence-corrected chi connectivity index (χ1v) is 6.49. The molecule has 1 N–H and O–H groups in total. The van der Waals surface area contributed by atoms with Gasteiger partial charge in [0.2, 0.25) is 0 Å². The molecule has 3 nitrogen and oxygen atoms in total. The Morgan fingerprint density at radius 3 is 2.94 bits per heavy atom. The van der Waals surface area contributed by atoms with Crippen LogP contribution in [-0.2, 0) is 6.54 Å². The van der Waals surface area contributed by atoms with E-state index in [4.69, 9.17) is 0 Å². The number of rotatable bonds is 6. The van der Waals surface area contributed by atoms with Gasteiger partial charge in [0.15, 0.2) is 0 Å². The summed E-state index contributed by atoms with van der Waals surface area (Å²) in [5.74, 6) is 0.457. The molecule has 0 saturated heterocycles. The van der Waals surface area contributed by atoms with Crippen molar-refractivity contribution in [2.24, 2.45) is 5.92 Å². The Morgan fingerprint density at radius 2 is 2.25 bits per heavy atom. The molecule has 1 aromatic rings. The van der Waals surface area contributed by atoms with Crippen LogP contribution in [0.5, 0.6) is 0 Å². The van der Waals surface area contributed by atoms with Crippen LogP contribution in [0.4, 0.5) is 0 Å². The molecule has 16 heavy (non-hydrogen) atoms. The first-order chi connectivity index (χ1) is 7.63. The Hall–Kier alpha value is -0.610. The fourth-order valence-electron chi connectivity index (χ4n) is 1.57. The van der Waals surface area contributed by atoms with Crippen LogP contribution in [-0.4, -0.2) is 17.7 Å². The summed E-state index contributed by atoms with van der Waals surface area (Å²) >= 11 is 3.37. The summed E-state index contributed by atoms with van der Waals surface area (Å²) < 4.78 is 2.70. The highest BCUT2D eigenvalue weighted by Crippen LogP contribution is 2.06. The topological polar surface area (TPSA) is 34.0 Å². The first-order valence-electron chi connectivity index (χ1n) is 5.70. The molecule has 0 radical (unpaired) electrons. The van der Waals surface area contributed by atoms with E-state index in [0.29, 0.717) is 5.92 Å². The Bertz CT molecular complexity index is 376. The van der Waals surface area contributed by atoms with Gasteiger partial charge in [-0.25, -0.2) is 0 Å². The van der Waals surface area contributed by atoms with E-state index in [9.17, 15) is 4.79 Å². The minimum atomic E-state index is 0.0607. The second-order valence-electron chi connectivity index (χ2n) is 4.15. The summed E-state index contributed by atoms with van der Waals surface area (Å²) in [5.41, 5.74) is 0.0607. The molecule has 1 unspecified atom stereocenters. The lowest BCUT2D eigenvalue weighted by Gasteiger charge is -2.14. The Balaban J connectivity index is 2.52. The minimum Gasteiger partial charge on any atom is -0.316 e. The zero-order valence-corrected chi connectivity index (χ0v) is 11.5. The summed E-state index contributed by atoms with van der Waals surface area (Å²) in [6.45, 7) is 7.05. The highest BCUT2D eigenvalue weighted by Gasteiger charge is 2.04. The fraction of sp³-hybridized carbons (Fsp3) is 0.583. The number of aromatic nitrogens is 1. The normalized spacial score (nSPS) is 12.7. The van der Waals surface area contributed by atoms with Gasteiger partial charge in [0, 0.05) is 23.3 Å². The molecule has 1 atom stereocenters. The summed E-state index contributed by atoms with van der Waals surface area (Å²) in [4.78, 5) is 11.6. The zero-order chi connectivity index (χ0) is 12.0. The van der Waals surface area contributed by atoms with Gasteiger partial charge in [-0.15, -0.1) is 0 Å². The number of nitrogens with zero attached hydrogens (tertiary/aromatic N) is 1. The monoisotopic (exact) mass is 286 g/mol. The molecule has 0 spiro atoms. The van der Waals surface area contributed by atoms with Crippen LogP contribution in [0, 0.1) is 5.92 Å². The Kier molecular flexibility index (Phi) is 5.77. The van der Waals surface area contributed by atoms with Crippen LogP contribution in [0.2, 0.25) is 0 Å². The van der Waals surface area contributed by atoms with Crippen LogP contribution in [0.3, 0.4) is 0 Å². The van der Waals surface area contributed by atoms with E-state index in [-0.39, 0.29) is 5.56 Å². The van der Waals surface area contributed by atoms with Gasteiger partial charge in [-0.2, -0.15) is 0 Å². The van der Waals surface area contributed by atoms with Gasteiger partial charge in [-0.3, -0.25) is 4.79 Å². The summed E-state index contributed by atoms with van der Waals surface area (Å²) in [6.07, 6.45) is 2.99. The van der Waals surface area contributed by atoms with Gasteiger partial charge in [-0.05, 0) is 47.4 Å². The summed E-state index contributed by atoms with van der Waals surface area (Å²) in [7, 11) is 0. The van der Waals surface area contributed by atoms with Crippen molar-refractivity contribution >= 4 is 15.9 Å². The van der Waals surface area contributed by atoms with Crippen LogP contribution in [0.15, 0.2) is 27.6 Å². The van der Waals surface area contributed by atoms with Crippen LogP contribution >= 0.6 is 15.9 Å². The van der Waals surface area contributed by atoms with Crippen LogP contribution < -0.4 is 10.9 Å². The maximum absolute atomic E-state index is 11.6. The average molecular weight is 287 g/mol. The molecule has 0 aliphatic heterocycles. The van der Waals surface area contributed by atoms with Crippen molar-refractivity contribution in [3.8, 4) is 0 Å². The van der Waals surface area contributed by atoms with Crippen molar-refractivity contribution in [1.82, 2.24) is 9.88 Å². The quantitative estimate of drug-likeness (QED) is 0.814. The van der Waals surface area contributed by atoms with Crippen molar-refractivity contribution in [2.45, 2.75) is 26.8 Å². The maximum Gasteiger partial charge on any atom is 0.250 e. The predicted molar refractivity (Wildman–Crippen MR) is 70.7 cm³/mol. The lowest BCUT2D eigenvalue weighted by Crippen LogP contribution is -2.28. The van der Waals surface area contributed by atoms with Crippen LogP contribution in [0.25, 0.3) is 0 Å². The van der Waals surface area contributed by atoms with E-state index in [1.54, 1.807) is 16.7 Å². The standard InChI is InChI=1S/C12H19BrN2O/c1-3-6-14-7-10(2)8-15-9-11(13)4-5-12(15)16/h4-5,9-10,14H,3,6-8H2,1-2H3. The number of pyridine rings is 1. The van der Waals surface area contributed by atoms with E-state index in [1.807, 2.05) is 6.20 Å². The molecule has 0 aliphatic rings. The van der Waals surface area contributed by atoms with Gasteiger partial charge in [0.25, 0.3) is 5.56 Å². The molecule has 90 valence electrons. The molecule has 0 fully saturated rings. The van der Waals surface area contributed by atoms with Crippen molar-refractivity contribution in [2.75, 3.05) is 13.1 Å². The molecule has 0 aromatic carbocycles. The van der Waals surface area contributed by atoms with Gasteiger partial charge < -0.3 is 9.88 Å². The van der Waals surface area contributed by atoms with Crippen LogP contribution in [0.1, 0.15) is 20.3 Å². The van der Waals surface area contributed by atoms with Gasteiger partial charge in [-0.1, -0.05) is 13.8 Å². The molecule has 4 heteroatoms. The minimum absolute atomic E-state index is 0.0607. The van der Waals surface area contributed by atoms with Gasteiger partial charge >= 0.3 is 0 Å². The highest BCUT2D eigenvalue weighted by molar-refractivity contribution is 9.10. The molecular formula is C12H19BrN2O. The molecule has 0 bridgehead atoms. The number of halogens is 1. The molecule has 0 saturated carbocycles. The Morgan fingerprint density at radius 1 is 1.50 bits per heavy atom. The zero-order valence-electron chi connectivity index (χ0n) is 9.87. The van der Waals surface area contributed by atoms with Gasteiger partial charge in [0.05, 0.1) is 0 Å². The fourth-order valence-corrected chi connectivity index (χ4v) is 1.95. The SMILES string of the molecule is CCCNCC(C)Cn1cc(Br)ccc1=O. The third-order valence-corrected chi connectivity index (χ3v) is 2.84. The molecular weight excluding hydrogens is 268 g/mol. The number of hydrogen-bond acceptors (Lipinski definition) is 2. The Labute approximate surface area is 105 Å². The second-order valence-corrected chi connectivity index (χ2v) is 5.06. The van der Waals surface area contributed by atoms with Crippen molar-refractivity contribution in [1.29, 1.82) is 0 Å². The van der Waals surface area contributed by atoms with E-state index >= 15 is 0 Å². The van der Waals surface area contributed by atoms with Gasteiger partial charge in [0.1, 0.15) is 0 Å². The summed E-state index contributed by atoms with van der Waals surface area (Å²) in [6, 6.07) is 3.37. The third-order valence-electron chi connectivity index (χ3n) is 2.38. The highest BCUT2D eigenvalue weighted by atomic mass is 79.9. The van der Waals surface area contributed by atoms with E-state index < -0.39 is 0 Å². The molecule has 0 amide bonds. The summed E-state index contributed by atoms with van der Waals surface area (Å²) in [5, 5.41) is 3.36. The number of hydrogen-bond donors (Lipinski definition) is 1. The van der Waals surface area contributed by atoms with E-state index in [1.165, 1.54) is 0 Å². The molecule has 1 heterocycles. The average Bonchev–Trinajstić information content (AvgIpc) is 2.24. The smallest absolute Gasteiger partial charge is 0.250 e. The third kappa shape index (κ3) is 4.49. The van der Waals surface area contributed by atoms with Crippen molar-refractivity contribution in [3.05, 3.63) is 33.2 Å².